The van der Waals surface area contributed by atoms with Crippen molar-refractivity contribution in [1.29, 1.82) is 0 Å². The van der Waals surface area contributed by atoms with Gasteiger partial charge in [-0.1, -0.05) is 6.92 Å². The number of hydrogen-bond donors (Lipinski definition) is 2. The zero-order chi connectivity index (χ0) is 14.5. The van der Waals surface area contributed by atoms with Gasteiger partial charge < -0.3 is 24.6 Å². The second-order valence-corrected chi connectivity index (χ2v) is 4.51. The molecule has 0 fully saturated rings. The number of aliphatic hydroxyl groups is 2. The van der Waals surface area contributed by atoms with Gasteiger partial charge in [-0.25, -0.2) is 0 Å². The first-order chi connectivity index (χ1) is 9.71. The molecule has 0 saturated heterocycles. The third kappa shape index (κ3) is 2.86. The molecule has 1 aliphatic heterocycles. The van der Waals surface area contributed by atoms with E-state index < -0.39 is 0 Å². The molecule has 6 heteroatoms. The van der Waals surface area contributed by atoms with Gasteiger partial charge in [-0.2, -0.15) is 0 Å². The van der Waals surface area contributed by atoms with Crippen LogP contribution in [-0.2, 0) is 11.4 Å². The second-order valence-electron chi connectivity index (χ2n) is 4.51. The maximum Gasteiger partial charge on any atom is 0.265 e. The van der Waals surface area contributed by atoms with Gasteiger partial charge in [0.15, 0.2) is 18.1 Å². The van der Waals surface area contributed by atoms with Crippen molar-refractivity contribution >= 4 is 11.6 Å². The largest absolute Gasteiger partial charge is 0.490 e. The number of fused-ring (bicyclic) bond motifs is 1. The maximum atomic E-state index is 11.9. The van der Waals surface area contributed by atoms with Crippen LogP contribution >= 0.6 is 0 Å². The van der Waals surface area contributed by atoms with E-state index in [2.05, 4.69) is 0 Å². The Bertz CT molecular complexity index is 489. The Hall–Kier alpha value is -1.79. The average Bonchev–Trinajstić information content (AvgIpc) is 2.47. The molecule has 0 atom stereocenters. The van der Waals surface area contributed by atoms with Crippen LogP contribution in [0.4, 0.5) is 5.69 Å². The molecule has 0 unspecified atom stereocenters. The molecular formula is C14H19NO5. The Labute approximate surface area is 117 Å². The molecule has 2 rings (SSSR count). The van der Waals surface area contributed by atoms with Crippen molar-refractivity contribution in [1.82, 2.24) is 0 Å². The summed E-state index contributed by atoms with van der Waals surface area (Å²) in [4.78, 5) is 13.3. The summed E-state index contributed by atoms with van der Waals surface area (Å²) in [5.41, 5.74) is 1.17. The van der Waals surface area contributed by atoms with Gasteiger partial charge in [0.25, 0.3) is 5.91 Å². The molecular weight excluding hydrogens is 262 g/mol. The number of rotatable bonds is 6. The van der Waals surface area contributed by atoms with E-state index in [0.717, 1.165) is 6.42 Å². The number of anilines is 1. The van der Waals surface area contributed by atoms with E-state index >= 15 is 0 Å². The molecule has 1 aromatic carbocycles. The van der Waals surface area contributed by atoms with Crippen molar-refractivity contribution in [3.05, 3.63) is 17.7 Å². The monoisotopic (exact) mass is 281 g/mol. The summed E-state index contributed by atoms with van der Waals surface area (Å²) < 4.78 is 11.1. The van der Waals surface area contributed by atoms with Crippen LogP contribution in [0.5, 0.6) is 11.5 Å². The number of carbonyl (C=O) groups excluding carboxylic acids is 1. The van der Waals surface area contributed by atoms with Crippen molar-refractivity contribution in [2.24, 2.45) is 0 Å². The summed E-state index contributed by atoms with van der Waals surface area (Å²) in [6.45, 7) is 2.34. The Morgan fingerprint density at radius 1 is 1.40 bits per heavy atom. The lowest BCUT2D eigenvalue weighted by molar-refractivity contribution is -0.121. The van der Waals surface area contributed by atoms with Crippen molar-refractivity contribution in [2.75, 3.05) is 31.3 Å². The minimum absolute atomic E-state index is 0.0754. The van der Waals surface area contributed by atoms with Gasteiger partial charge in [-0.05, 0) is 24.1 Å². The first kappa shape index (κ1) is 14.6. The average molecular weight is 281 g/mol. The van der Waals surface area contributed by atoms with Crippen molar-refractivity contribution < 1.29 is 24.5 Å². The minimum Gasteiger partial charge on any atom is -0.490 e. The molecule has 0 aromatic heterocycles. The highest BCUT2D eigenvalue weighted by Gasteiger charge is 2.28. The molecule has 1 aromatic rings. The Morgan fingerprint density at radius 3 is 2.85 bits per heavy atom. The smallest absolute Gasteiger partial charge is 0.265 e. The standard InChI is InChI=1S/C14H19NO5/c1-2-5-19-12-7-10(8-17)6-11-14(12)20-9-13(18)15(11)3-4-16/h6-7,16-17H,2-5,8-9H2,1H3. The Balaban J connectivity index is 2.43. The normalized spacial score (nSPS) is 13.9. The van der Waals surface area contributed by atoms with Gasteiger partial charge >= 0.3 is 0 Å². The van der Waals surface area contributed by atoms with Crippen LogP contribution in [0.2, 0.25) is 0 Å². The van der Waals surface area contributed by atoms with Crippen LogP contribution < -0.4 is 14.4 Å². The first-order valence-electron chi connectivity index (χ1n) is 6.65. The van der Waals surface area contributed by atoms with Gasteiger partial charge in [0, 0.05) is 6.54 Å². The fourth-order valence-corrected chi connectivity index (χ4v) is 2.09. The van der Waals surface area contributed by atoms with Crippen molar-refractivity contribution in [3.8, 4) is 11.5 Å². The molecule has 1 aliphatic rings. The van der Waals surface area contributed by atoms with Crippen molar-refractivity contribution in [2.45, 2.75) is 20.0 Å². The topological polar surface area (TPSA) is 79.2 Å². The zero-order valence-corrected chi connectivity index (χ0v) is 11.5. The predicted octanol–water partition coefficient (Wildman–Crippen LogP) is 0.685. The van der Waals surface area contributed by atoms with Crippen LogP contribution in [0, 0.1) is 0 Å². The van der Waals surface area contributed by atoms with Crippen LogP contribution in [0.1, 0.15) is 18.9 Å². The zero-order valence-electron chi connectivity index (χ0n) is 11.5. The Kier molecular flexibility index (Phi) is 4.81. The summed E-state index contributed by atoms with van der Waals surface area (Å²) in [5.74, 6) is 0.788. The number of hydrogen-bond acceptors (Lipinski definition) is 5. The Morgan fingerprint density at radius 2 is 2.20 bits per heavy atom. The fraction of sp³-hybridized carbons (Fsp3) is 0.500. The molecule has 0 saturated carbocycles. The highest BCUT2D eigenvalue weighted by Crippen LogP contribution is 2.41. The SMILES string of the molecule is CCCOc1cc(CO)cc2c1OCC(=O)N2CCO. The molecule has 1 amide bonds. The van der Waals surface area contributed by atoms with Crippen LogP contribution in [-0.4, -0.2) is 42.5 Å². The van der Waals surface area contributed by atoms with E-state index in [4.69, 9.17) is 14.6 Å². The van der Waals surface area contributed by atoms with E-state index in [9.17, 15) is 9.90 Å². The summed E-state index contributed by atoms with van der Waals surface area (Å²) in [6, 6.07) is 3.39. The molecule has 0 aliphatic carbocycles. The lowest BCUT2D eigenvalue weighted by Crippen LogP contribution is -2.40. The number of aliphatic hydroxyl groups excluding tert-OH is 2. The third-order valence-electron chi connectivity index (χ3n) is 2.99. The molecule has 2 N–H and O–H groups in total. The van der Waals surface area contributed by atoms with E-state index in [-0.39, 0.29) is 32.3 Å². The number of nitrogens with zero attached hydrogens (tertiary/aromatic N) is 1. The molecule has 20 heavy (non-hydrogen) atoms. The lowest BCUT2D eigenvalue weighted by Gasteiger charge is -2.30. The number of benzene rings is 1. The summed E-state index contributed by atoms with van der Waals surface area (Å²) in [6.07, 6.45) is 0.845. The van der Waals surface area contributed by atoms with E-state index in [1.165, 1.54) is 4.90 Å². The molecule has 0 spiro atoms. The summed E-state index contributed by atoms with van der Waals surface area (Å²) >= 11 is 0. The number of β-amino-alcohol motifs (C(OH)–C–C–N with tert-alkyl or cyclic N) is 1. The molecule has 110 valence electrons. The van der Waals surface area contributed by atoms with E-state index in [1.54, 1.807) is 12.1 Å². The highest BCUT2D eigenvalue weighted by molar-refractivity contribution is 5.98. The maximum absolute atomic E-state index is 11.9. The number of carbonyl (C=O) groups is 1. The van der Waals surface area contributed by atoms with Gasteiger partial charge in [0.2, 0.25) is 0 Å². The fourth-order valence-electron chi connectivity index (χ4n) is 2.09. The minimum atomic E-state index is -0.219. The van der Waals surface area contributed by atoms with E-state index in [0.29, 0.717) is 29.4 Å². The van der Waals surface area contributed by atoms with Gasteiger partial charge in [0.1, 0.15) is 0 Å². The highest BCUT2D eigenvalue weighted by atomic mass is 16.5. The predicted molar refractivity (Wildman–Crippen MR) is 73.1 cm³/mol. The van der Waals surface area contributed by atoms with Gasteiger partial charge in [-0.3, -0.25) is 4.79 Å². The van der Waals surface area contributed by atoms with Crippen LogP contribution in [0.3, 0.4) is 0 Å². The number of amides is 1. The molecule has 6 nitrogen and oxygen atoms in total. The summed E-state index contributed by atoms with van der Waals surface area (Å²) in [7, 11) is 0. The molecule has 0 bridgehead atoms. The van der Waals surface area contributed by atoms with Crippen molar-refractivity contribution in [3.63, 3.8) is 0 Å². The number of ether oxygens (including phenoxy) is 2. The lowest BCUT2D eigenvalue weighted by atomic mass is 10.1. The molecule has 0 radical (unpaired) electrons. The van der Waals surface area contributed by atoms with Gasteiger partial charge in [-0.15, -0.1) is 0 Å². The van der Waals surface area contributed by atoms with E-state index in [1.807, 2.05) is 6.92 Å². The third-order valence-corrected chi connectivity index (χ3v) is 2.99. The summed E-state index contributed by atoms with van der Waals surface area (Å²) in [5, 5.41) is 18.4. The van der Waals surface area contributed by atoms with Crippen LogP contribution in [0.25, 0.3) is 0 Å². The van der Waals surface area contributed by atoms with Gasteiger partial charge in [0.05, 0.1) is 25.5 Å². The first-order valence-corrected chi connectivity index (χ1v) is 6.65. The van der Waals surface area contributed by atoms with Crippen LogP contribution in [0.15, 0.2) is 12.1 Å². The second kappa shape index (κ2) is 6.58. The molecule has 1 heterocycles. The quantitative estimate of drug-likeness (QED) is 0.802.